The Hall–Kier alpha value is -0.820. The van der Waals surface area contributed by atoms with Gasteiger partial charge in [-0.1, -0.05) is 71.7 Å². The molecule has 1 aromatic rings. The second-order valence-corrected chi connectivity index (χ2v) is 8.01. The lowest BCUT2D eigenvalue weighted by molar-refractivity contribution is 0.0321. The largest absolute Gasteiger partial charge is 0.393 e. The molecule has 0 amide bonds. The standard InChI is InChI=1S/C19H30O/c1-18(2,3)14-10-12-15(13-11-14)19(4,5)16-8-6-7-9-17(16)20/h10-13,16-17,20H,6-9H2,1-5H3/t16-,17-/m0/s1. The van der Waals surface area contributed by atoms with Gasteiger partial charge in [-0.2, -0.15) is 0 Å². The highest BCUT2D eigenvalue weighted by molar-refractivity contribution is 5.32. The third-order valence-corrected chi connectivity index (χ3v) is 5.15. The number of benzene rings is 1. The van der Waals surface area contributed by atoms with Crippen LogP contribution < -0.4 is 0 Å². The van der Waals surface area contributed by atoms with E-state index in [2.05, 4.69) is 58.9 Å². The van der Waals surface area contributed by atoms with Gasteiger partial charge in [0.05, 0.1) is 6.10 Å². The molecule has 1 heteroatoms. The minimum absolute atomic E-state index is 0.0518. The van der Waals surface area contributed by atoms with Crippen LogP contribution in [-0.2, 0) is 10.8 Å². The Morgan fingerprint density at radius 1 is 0.850 bits per heavy atom. The van der Waals surface area contributed by atoms with Crippen LogP contribution >= 0.6 is 0 Å². The van der Waals surface area contributed by atoms with Crippen LogP contribution in [-0.4, -0.2) is 11.2 Å². The maximum atomic E-state index is 10.3. The lowest BCUT2D eigenvalue weighted by Crippen LogP contribution is -2.39. The lowest BCUT2D eigenvalue weighted by Gasteiger charge is -2.41. The molecule has 112 valence electrons. The van der Waals surface area contributed by atoms with E-state index in [0.29, 0.717) is 5.92 Å². The molecule has 1 N–H and O–H groups in total. The van der Waals surface area contributed by atoms with Crippen molar-refractivity contribution in [1.29, 1.82) is 0 Å². The van der Waals surface area contributed by atoms with Gasteiger partial charge in [-0.3, -0.25) is 0 Å². The van der Waals surface area contributed by atoms with Crippen molar-refractivity contribution >= 4 is 0 Å². The summed E-state index contributed by atoms with van der Waals surface area (Å²) in [7, 11) is 0. The van der Waals surface area contributed by atoms with Gasteiger partial charge in [0.15, 0.2) is 0 Å². The molecule has 20 heavy (non-hydrogen) atoms. The summed E-state index contributed by atoms with van der Waals surface area (Å²) in [6.07, 6.45) is 4.41. The smallest absolute Gasteiger partial charge is 0.0576 e. The summed E-state index contributed by atoms with van der Waals surface area (Å²) in [4.78, 5) is 0. The zero-order valence-electron chi connectivity index (χ0n) is 13.7. The molecule has 2 rings (SSSR count). The third kappa shape index (κ3) is 3.09. The molecule has 2 atom stereocenters. The number of hydrogen-bond acceptors (Lipinski definition) is 1. The molecule has 0 spiro atoms. The molecule has 1 saturated carbocycles. The first-order chi connectivity index (χ1) is 9.23. The number of aliphatic hydroxyl groups excluding tert-OH is 1. The van der Waals surface area contributed by atoms with Gasteiger partial charge in [-0.25, -0.2) is 0 Å². The van der Waals surface area contributed by atoms with Gasteiger partial charge in [-0.05, 0) is 40.7 Å². The van der Waals surface area contributed by atoms with E-state index in [9.17, 15) is 5.11 Å². The zero-order chi connectivity index (χ0) is 15.0. The Morgan fingerprint density at radius 2 is 1.35 bits per heavy atom. The first-order valence-electron chi connectivity index (χ1n) is 8.02. The van der Waals surface area contributed by atoms with Crippen LogP contribution in [0.1, 0.15) is 71.4 Å². The second kappa shape index (κ2) is 5.52. The summed E-state index contributed by atoms with van der Waals surface area (Å²) in [5.74, 6) is 0.386. The van der Waals surface area contributed by atoms with Crippen LogP contribution in [0.3, 0.4) is 0 Å². The molecule has 1 aliphatic carbocycles. The fourth-order valence-corrected chi connectivity index (χ4v) is 3.57. The molecule has 1 nitrogen and oxygen atoms in total. The number of hydrogen-bond donors (Lipinski definition) is 1. The minimum atomic E-state index is -0.138. The van der Waals surface area contributed by atoms with Crippen LogP contribution in [0, 0.1) is 5.92 Å². The lowest BCUT2D eigenvalue weighted by atomic mass is 9.66. The highest BCUT2D eigenvalue weighted by atomic mass is 16.3. The van der Waals surface area contributed by atoms with E-state index in [1.54, 1.807) is 0 Å². The van der Waals surface area contributed by atoms with Crippen molar-refractivity contribution in [2.24, 2.45) is 5.92 Å². The van der Waals surface area contributed by atoms with Crippen molar-refractivity contribution in [3.8, 4) is 0 Å². The van der Waals surface area contributed by atoms with Crippen LogP contribution in [0.2, 0.25) is 0 Å². The van der Waals surface area contributed by atoms with E-state index < -0.39 is 0 Å². The molecular formula is C19H30O. The predicted molar refractivity (Wildman–Crippen MR) is 86.1 cm³/mol. The number of rotatable bonds is 2. The minimum Gasteiger partial charge on any atom is -0.393 e. The fourth-order valence-electron chi connectivity index (χ4n) is 3.57. The summed E-state index contributed by atoms with van der Waals surface area (Å²) in [5.41, 5.74) is 2.99. The molecule has 0 radical (unpaired) electrons. The van der Waals surface area contributed by atoms with Gasteiger partial charge in [-0.15, -0.1) is 0 Å². The second-order valence-electron chi connectivity index (χ2n) is 8.01. The topological polar surface area (TPSA) is 20.2 Å². The van der Waals surface area contributed by atoms with Crippen molar-refractivity contribution in [1.82, 2.24) is 0 Å². The summed E-state index contributed by atoms with van der Waals surface area (Å²) in [6.45, 7) is 11.3. The first kappa shape index (κ1) is 15.6. The first-order valence-corrected chi connectivity index (χ1v) is 8.02. The van der Waals surface area contributed by atoms with Gasteiger partial charge in [0.25, 0.3) is 0 Å². The highest BCUT2D eigenvalue weighted by Crippen LogP contribution is 2.41. The van der Waals surface area contributed by atoms with Gasteiger partial charge in [0.1, 0.15) is 0 Å². The highest BCUT2D eigenvalue weighted by Gasteiger charge is 2.37. The van der Waals surface area contributed by atoms with Gasteiger partial charge in [0.2, 0.25) is 0 Å². The van der Waals surface area contributed by atoms with Crippen molar-refractivity contribution < 1.29 is 5.11 Å². The van der Waals surface area contributed by atoms with Crippen LogP contribution in [0.15, 0.2) is 24.3 Å². The van der Waals surface area contributed by atoms with Crippen LogP contribution in [0.5, 0.6) is 0 Å². The Balaban J connectivity index is 2.25. The third-order valence-electron chi connectivity index (χ3n) is 5.15. The van der Waals surface area contributed by atoms with Crippen molar-refractivity contribution in [2.45, 2.75) is 77.2 Å². The molecular weight excluding hydrogens is 244 g/mol. The fraction of sp³-hybridized carbons (Fsp3) is 0.684. The van der Waals surface area contributed by atoms with Gasteiger partial charge in [0, 0.05) is 0 Å². The van der Waals surface area contributed by atoms with Crippen molar-refractivity contribution in [3.05, 3.63) is 35.4 Å². The Labute approximate surface area is 124 Å². The summed E-state index contributed by atoms with van der Waals surface area (Å²) < 4.78 is 0. The van der Waals surface area contributed by atoms with Gasteiger partial charge < -0.3 is 5.11 Å². The number of aliphatic hydroxyl groups is 1. The summed E-state index contributed by atoms with van der Waals surface area (Å²) in [6, 6.07) is 9.04. The Bertz CT molecular complexity index is 436. The van der Waals surface area contributed by atoms with E-state index in [0.717, 1.165) is 12.8 Å². The molecule has 0 unspecified atom stereocenters. The molecule has 0 aromatic heterocycles. The Morgan fingerprint density at radius 3 is 1.85 bits per heavy atom. The Kier molecular flexibility index (Phi) is 4.30. The predicted octanol–water partition coefficient (Wildman–Crippen LogP) is 4.81. The van der Waals surface area contributed by atoms with Crippen molar-refractivity contribution in [3.63, 3.8) is 0 Å². The van der Waals surface area contributed by atoms with Crippen LogP contribution in [0.4, 0.5) is 0 Å². The average Bonchev–Trinajstić information content (AvgIpc) is 2.38. The maximum Gasteiger partial charge on any atom is 0.0576 e. The molecule has 1 aromatic carbocycles. The summed E-state index contributed by atoms with van der Waals surface area (Å²) in [5, 5.41) is 10.3. The van der Waals surface area contributed by atoms with Gasteiger partial charge >= 0.3 is 0 Å². The molecule has 1 aliphatic rings. The van der Waals surface area contributed by atoms with Crippen LogP contribution in [0.25, 0.3) is 0 Å². The van der Waals surface area contributed by atoms with E-state index in [4.69, 9.17) is 0 Å². The summed E-state index contributed by atoms with van der Waals surface area (Å²) >= 11 is 0. The monoisotopic (exact) mass is 274 g/mol. The van der Waals surface area contributed by atoms with E-state index in [-0.39, 0.29) is 16.9 Å². The van der Waals surface area contributed by atoms with E-state index in [1.807, 2.05) is 0 Å². The molecule has 0 heterocycles. The zero-order valence-corrected chi connectivity index (χ0v) is 13.7. The SMILES string of the molecule is CC(C)(C)c1ccc(C(C)(C)[C@H]2CCCC[C@@H]2O)cc1. The average molecular weight is 274 g/mol. The molecule has 0 aliphatic heterocycles. The van der Waals surface area contributed by atoms with Crippen molar-refractivity contribution in [2.75, 3.05) is 0 Å². The molecule has 0 saturated heterocycles. The normalized spacial score (nSPS) is 24.7. The molecule has 1 fully saturated rings. The maximum absolute atomic E-state index is 10.3. The van der Waals surface area contributed by atoms with E-state index >= 15 is 0 Å². The quantitative estimate of drug-likeness (QED) is 0.820. The molecule has 0 bridgehead atoms. The van der Waals surface area contributed by atoms with E-state index in [1.165, 1.54) is 24.0 Å².